The van der Waals surface area contributed by atoms with Gasteiger partial charge in [-0.2, -0.15) is 0 Å². The minimum Gasteiger partial charge on any atom is -0.507 e. The molecule has 0 heterocycles. The lowest BCUT2D eigenvalue weighted by atomic mass is 9.79. The summed E-state index contributed by atoms with van der Waals surface area (Å²) in [6.07, 6.45) is 3.13. The summed E-state index contributed by atoms with van der Waals surface area (Å²) in [6.45, 7) is 17.2. The van der Waals surface area contributed by atoms with Crippen LogP contribution in [-0.4, -0.2) is 10.2 Å². The van der Waals surface area contributed by atoms with Crippen molar-refractivity contribution in [2.24, 2.45) is 11.3 Å². The van der Waals surface area contributed by atoms with Crippen molar-refractivity contribution >= 4 is 0 Å². The number of aromatic hydroxyl groups is 2. The highest BCUT2D eigenvalue weighted by atomic mass is 16.3. The van der Waals surface area contributed by atoms with Gasteiger partial charge in [0.1, 0.15) is 11.5 Å². The Morgan fingerprint density at radius 1 is 0.750 bits per heavy atom. The van der Waals surface area contributed by atoms with E-state index in [0.717, 1.165) is 52.6 Å². The van der Waals surface area contributed by atoms with Crippen molar-refractivity contribution < 1.29 is 10.2 Å². The molecule has 28 heavy (non-hydrogen) atoms. The van der Waals surface area contributed by atoms with Crippen molar-refractivity contribution in [3.05, 3.63) is 57.6 Å². The van der Waals surface area contributed by atoms with E-state index in [-0.39, 0.29) is 5.92 Å². The topological polar surface area (TPSA) is 40.5 Å². The van der Waals surface area contributed by atoms with Crippen molar-refractivity contribution in [2.45, 2.75) is 80.6 Å². The Balaban J connectivity index is 2.49. The molecule has 2 N–H and O–H groups in total. The van der Waals surface area contributed by atoms with E-state index in [9.17, 15) is 10.2 Å². The van der Waals surface area contributed by atoms with Crippen molar-refractivity contribution in [2.75, 3.05) is 0 Å². The maximum Gasteiger partial charge on any atom is 0.122 e. The second-order valence-electron chi connectivity index (χ2n) is 10.0. The highest BCUT2D eigenvalue weighted by Crippen LogP contribution is 2.43. The SMILES string of the molecule is Cc1cc(C)c(O)c(C(CCC(C)CC(C)(C)C)c2cc(C)cc(C)c2O)c1. The van der Waals surface area contributed by atoms with Gasteiger partial charge in [-0.15, -0.1) is 0 Å². The van der Waals surface area contributed by atoms with Crippen LogP contribution in [0.15, 0.2) is 24.3 Å². The van der Waals surface area contributed by atoms with Gasteiger partial charge in [-0.05, 0) is 69.4 Å². The average Bonchev–Trinajstić information content (AvgIpc) is 2.54. The molecule has 0 amide bonds. The van der Waals surface area contributed by atoms with E-state index in [2.05, 4.69) is 53.7 Å². The molecule has 0 fully saturated rings. The number of aryl methyl sites for hydroxylation is 4. The first kappa shape index (κ1) is 22.3. The second kappa shape index (κ2) is 8.59. The van der Waals surface area contributed by atoms with E-state index < -0.39 is 0 Å². The number of phenolic OH excluding ortho intramolecular Hbond substituents is 2. The molecule has 0 bridgehead atoms. The summed E-state index contributed by atoms with van der Waals surface area (Å²) >= 11 is 0. The summed E-state index contributed by atoms with van der Waals surface area (Å²) < 4.78 is 0. The molecule has 0 radical (unpaired) electrons. The van der Waals surface area contributed by atoms with E-state index in [1.165, 1.54) is 0 Å². The smallest absolute Gasteiger partial charge is 0.122 e. The van der Waals surface area contributed by atoms with Gasteiger partial charge in [0.15, 0.2) is 0 Å². The van der Waals surface area contributed by atoms with Crippen LogP contribution in [0.5, 0.6) is 11.5 Å². The van der Waals surface area contributed by atoms with Crippen LogP contribution in [0.25, 0.3) is 0 Å². The molecule has 2 aromatic rings. The van der Waals surface area contributed by atoms with Gasteiger partial charge in [0.05, 0.1) is 0 Å². The summed E-state index contributed by atoms with van der Waals surface area (Å²) in [6, 6.07) is 8.19. The third-order valence-corrected chi connectivity index (χ3v) is 5.61. The molecule has 2 nitrogen and oxygen atoms in total. The van der Waals surface area contributed by atoms with Crippen LogP contribution < -0.4 is 0 Å². The monoisotopic (exact) mass is 382 g/mol. The van der Waals surface area contributed by atoms with Crippen LogP contribution in [0.3, 0.4) is 0 Å². The maximum absolute atomic E-state index is 10.9. The van der Waals surface area contributed by atoms with Crippen LogP contribution >= 0.6 is 0 Å². The Kier molecular flexibility index (Phi) is 6.85. The lowest BCUT2D eigenvalue weighted by Gasteiger charge is -2.27. The van der Waals surface area contributed by atoms with Crippen molar-refractivity contribution in [3.63, 3.8) is 0 Å². The minimum atomic E-state index is -0.0142. The van der Waals surface area contributed by atoms with Crippen molar-refractivity contribution in [1.82, 2.24) is 0 Å². The summed E-state index contributed by atoms with van der Waals surface area (Å²) in [5.41, 5.74) is 6.24. The number of hydrogen-bond acceptors (Lipinski definition) is 2. The first-order valence-corrected chi connectivity index (χ1v) is 10.5. The zero-order valence-electron chi connectivity index (χ0n) is 19.0. The summed E-state index contributed by atoms with van der Waals surface area (Å²) in [7, 11) is 0. The molecule has 2 aromatic carbocycles. The molecule has 1 atom stereocenters. The lowest BCUT2D eigenvalue weighted by molar-refractivity contribution is 0.290. The molecule has 2 rings (SSSR count). The van der Waals surface area contributed by atoms with E-state index >= 15 is 0 Å². The summed E-state index contributed by atoms with van der Waals surface area (Å²) in [4.78, 5) is 0. The maximum atomic E-state index is 10.9. The largest absolute Gasteiger partial charge is 0.507 e. The van der Waals surface area contributed by atoms with Gasteiger partial charge in [0.25, 0.3) is 0 Å². The van der Waals surface area contributed by atoms with Crippen LogP contribution in [0.4, 0.5) is 0 Å². The average molecular weight is 383 g/mol. The molecule has 0 aliphatic rings. The molecule has 154 valence electrons. The first-order chi connectivity index (χ1) is 12.9. The van der Waals surface area contributed by atoms with Crippen molar-refractivity contribution in [3.8, 4) is 11.5 Å². The van der Waals surface area contributed by atoms with E-state index in [0.29, 0.717) is 22.8 Å². The second-order valence-corrected chi connectivity index (χ2v) is 10.0. The standard InChI is InChI=1S/C26H38O2/c1-16(15-26(6,7)8)9-10-21(22-13-17(2)11-19(4)24(22)27)23-14-18(3)12-20(5)25(23)28/h11-14,16,21,27-28H,9-10,15H2,1-8H3. The zero-order chi connectivity index (χ0) is 21.2. The van der Waals surface area contributed by atoms with Gasteiger partial charge in [-0.25, -0.2) is 0 Å². The van der Waals surface area contributed by atoms with Crippen LogP contribution in [0.2, 0.25) is 0 Å². The Bertz CT molecular complexity index is 770. The van der Waals surface area contributed by atoms with Crippen LogP contribution in [0, 0.1) is 39.0 Å². The quantitative estimate of drug-likeness (QED) is 0.549. The number of benzene rings is 2. The molecule has 2 heteroatoms. The Hall–Kier alpha value is -1.96. The van der Waals surface area contributed by atoms with Crippen LogP contribution in [-0.2, 0) is 0 Å². The minimum absolute atomic E-state index is 0.0142. The van der Waals surface area contributed by atoms with Gasteiger partial charge in [-0.3, -0.25) is 0 Å². The fourth-order valence-corrected chi connectivity index (χ4v) is 4.59. The normalized spacial score (nSPS) is 13.2. The van der Waals surface area contributed by atoms with E-state index in [1.54, 1.807) is 0 Å². The molecule has 1 unspecified atom stereocenters. The molecule has 0 aliphatic carbocycles. The first-order valence-electron chi connectivity index (χ1n) is 10.5. The molecule has 0 aliphatic heterocycles. The fourth-order valence-electron chi connectivity index (χ4n) is 4.59. The highest BCUT2D eigenvalue weighted by molar-refractivity contribution is 5.53. The van der Waals surface area contributed by atoms with Gasteiger partial charge in [-0.1, -0.05) is 63.1 Å². The summed E-state index contributed by atoms with van der Waals surface area (Å²) in [5, 5.41) is 21.7. The van der Waals surface area contributed by atoms with Crippen LogP contribution in [0.1, 0.15) is 86.3 Å². The predicted molar refractivity (Wildman–Crippen MR) is 119 cm³/mol. The van der Waals surface area contributed by atoms with Gasteiger partial charge in [0, 0.05) is 17.0 Å². The number of hydrogen-bond donors (Lipinski definition) is 2. The zero-order valence-corrected chi connectivity index (χ0v) is 19.0. The van der Waals surface area contributed by atoms with E-state index in [4.69, 9.17) is 0 Å². The molecular formula is C26H38O2. The summed E-state index contributed by atoms with van der Waals surface area (Å²) in [5.74, 6) is 1.29. The number of phenols is 2. The Morgan fingerprint density at radius 3 is 1.57 bits per heavy atom. The third kappa shape index (κ3) is 5.53. The van der Waals surface area contributed by atoms with E-state index in [1.807, 2.05) is 26.0 Å². The van der Waals surface area contributed by atoms with Crippen molar-refractivity contribution in [1.29, 1.82) is 0 Å². The third-order valence-electron chi connectivity index (χ3n) is 5.61. The fraction of sp³-hybridized carbons (Fsp3) is 0.538. The molecule has 0 spiro atoms. The molecular weight excluding hydrogens is 344 g/mol. The lowest BCUT2D eigenvalue weighted by Crippen LogP contribution is -2.13. The molecule has 0 aromatic heterocycles. The molecule has 0 saturated heterocycles. The van der Waals surface area contributed by atoms with Gasteiger partial charge in [0.2, 0.25) is 0 Å². The Labute approximate surface area is 171 Å². The molecule has 0 saturated carbocycles. The van der Waals surface area contributed by atoms with Gasteiger partial charge >= 0.3 is 0 Å². The Morgan fingerprint density at radius 2 is 1.18 bits per heavy atom. The predicted octanol–water partition coefficient (Wildman–Crippen LogP) is 7.32. The highest BCUT2D eigenvalue weighted by Gasteiger charge is 2.25. The van der Waals surface area contributed by atoms with Gasteiger partial charge < -0.3 is 10.2 Å². The number of rotatable bonds is 6.